The fraction of sp³-hybridized carbons (Fsp3) is 0.421. The van der Waals surface area contributed by atoms with Crippen LogP contribution in [0.4, 0.5) is 5.69 Å². The van der Waals surface area contributed by atoms with E-state index in [2.05, 4.69) is 63.3 Å². The fourth-order valence-corrected chi connectivity index (χ4v) is 2.88. The van der Waals surface area contributed by atoms with Gasteiger partial charge in [0.2, 0.25) is 0 Å². The minimum atomic E-state index is 0.0888. The van der Waals surface area contributed by atoms with Gasteiger partial charge in [-0.25, -0.2) is 0 Å². The number of nitrogens with one attached hydrogen (secondary N) is 2. The highest BCUT2D eigenvalue weighted by Gasteiger charge is 2.21. The van der Waals surface area contributed by atoms with E-state index in [1.165, 1.54) is 16.0 Å². The molecule has 2 rings (SSSR count). The molecule has 0 bridgehead atoms. The van der Waals surface area contributed by atoms with Crippen molar-refractivity contribution in [2.24, 2.45) is 0 Å². The Morgan fingerprint density at radius 3 is 2.58 bits per heavy atom. The fourth-order valence-electron chi connectivity index (χ4n) is 2.51. The number of quaternary nitrogens is 1. The first-order valence-electron chi connectivity index (χ1n) is 8.35. The Balaban J connectivity index is 2.15. The first kappa shape index (κ1) is 18.5. The topological polar surface area (TPSA) is 32.9 Å². The third-order valence-electron chi connectivity index (χ3n) is 4.29. The first-order valence-corrected chi connectivity index (χ1v) is 8.76. The van der Waals surface area contributed by atoms with E-state index in [0.717, 1.165) is 29.6 Å². The van der Waals surface area contributed by atoms with Crippen LogP contribution in [0.1, 0.15) is 29.9 Å². The summed E-state index contributed by atoms with van der Waals surface area (Å²) in [6, 6.07) is 10.3. The van der Waals surface area contributed by atoms with Crippen LogP contribution < -0.4 is 10.2 Å². The van der Waals surface area contributed by atoms with Gasteiger partial charge >= 0.3 is 0 Å². The second-order valence-corrected chi connectivity index (χ2v) is 6.96. The quantitative estimate of drug-likeness (QED) is 0.788. The lowest BCUT2D eigenvalue weighted by Gasteiger charge is -2.31. The van der Waals surface area contributed by atoms with Crippen molar-refractivity contribution in [2.75, 3.05) is 32.5 Å². The molecule has 0 saturated carbocycles. The molecule has 2 N–H and O–H groups in total. The van der Waals surface area contributed by atoms with Crippen molar-refractivity contribution in [3.8, 4) is 0 Å². The molecule has 0 fully saturated rings. The zero-order valence-corrected chi connectivity index (χ0v) is 16.0. The smallest absolute Gasteiger partial charge is 0.174 e. The Labute approximate surface area is 150 Å². The maximum Gasteiger partial charge on any atom is 0.174 e. The minimum absolute atomic E-state index is 0.0888. The number of rotatable bonds is 6. The van der Waals surface area contributed by atoms with E-state index in [1.807, 2.05) is 12.1 Å². The maximum atomic E-state index is 5.70. The van der Waals surface area contributed by atoms with Crippen LogP contribution in [0.5, 0.6) is 0 Å². The van der Waals surface area contributed by atoms with Crippen molar-refractivity contribution in [3.05, 3.63) is 53.5 Å². The van der Waals surface area contributed by atoms with Gasteiger partial charge in [-0.2, -0.15) is 0 Å². The summed E-state index contributed by atoms with van der Waals surface area (Å²) in [5.74, 6) is 0.924. The SMILES string of the molecule is Cc1ccc(NC(=S)N(CC[NH+](C)C)C(C)c2ccco2)cc1C. The summed E-state index contributed by atoms with van der Waals surface area (Å²) in [7, 11) is 4.30. The monoisotopic (exact) mass is 346 g/mol. The maximum absolute atomic E-state index is 5.70. The van der Waals surface area contributed by atoms with Crippen molar-refractivity contribution < 1.29 is 9.32 Å². The molecule has 1 aromatic heterocycles. The number of aryl methyl sites for hydroxylation is 2. The molecule has 1 unspecified atom stereocenters. The van der Waals surface area contributed by atoms with Gasteiger partial charge in [0.25, 0.3) is 0 Å². The molecule has 24 heavy (non-hydrogen) atoms. The van der Waals surface area contributed by atoms with Crippen LogP contribution in [-0.4, -0.2) is 37.2 Å². The second-order valence-electron chi connectivity index (χ2n) is 6.57. The van der Waals surface area contributed by atoms with Gasteiger partial charge in [-0.1, -0.05) is 6.07 Å². The van der Waals surface area contributed by atoms with E-state index in [0.29, 0.717) is 0 Å². The normalized spacial score (nSPS) is 12.2. The van der Waals surface area contributed by atoms with E-state index in [-0.39, 0.29) is 6.04 Å². The summed E-state index contributed by atoms with van der Waals surface area (Å²) in [4.78, 5) is 3.58. The highest BCUT2D eigenvalue weighted by molar-refractivity contribution is 7.80. The minimum Gasteiger partial charge on any atom is -0.467 e. The van der Waals surface area contributed by atoms with Crippen LogP contribution in [0.2, 0.25) is 0 Å². The van der Waals surface area contributed by atoms with E-state index in [1.54, 1.807) is 6.26 Å². The molecule has 0 amide bonds. The molecule has 0 spiro atoms. The molecule has 0 aliphatic rings. The third-order valence-corrected chi connectivity index (χ3v) is 4.63. The largest absolute Gasteiger partial charge is 0.467 e. The Kier molecular flexibility index (Phi) is 6.40. The molecule has 0 aliphatic heterocycles. The number of benzene rings is 1. The van der Waals surface area contributed by atoms with Crippen LogP contribution >= 0.6 is 12.2 Å². The molecule has 5 heteroatoms. The lowest BCUT2D eigenvalue weighted by molar-refractivity contribution is -0.857. The molecule has 4 nitrogen and oxygen atoms in total. The molecule has 130 valence electrons. The molecular formula is C19H28N3OS+. The van der Waals surface area contributed by atoms with Crippen molar-refractivity contribution in [1.29, 1.82) is 0 Å². The van der Waals surface area contributed by atoms with Crippen LogP contribution in [0, 0.1) is 13.8 Å². The Morgan fingerprint density at radius 1 is 1.25 bits per heavy atom. The summed E-state index contributed by atoms with van der Waals surface area (Å²) < 4.78 is 5.58. The third kappa shape index (κ3) is 4.82. The lowest BCUT2D eigenvalue weighted by atomic mass is 10.1. The van der Waals surface area contributed by atoms with Crippen LogP contribution in [0.3, 0.4) is 0 Å². The van der Waals surface area contributed by atoms with Gasteiger partial charge in [-0.05, 0) is 68.4 Å². The Morgan fingerprint density at radius 2 is 2.00 bits per heavy atom. The standard InChI is InChI=1S/C19H27N3OS/c1-14-8-9-17(13-15(14)2)20-19(24)22(11-10-21(4)5)16(3)18-7-6-12-23-18/h6-9,12-13,16H,10-11H2,1-5H3,(H,20,24)/p+1. The number of likely N-dealkylation sites (N-methyl/N-ethyl adjacent to an activating group) is 1. The summed E-state index contributed by atoms with van der Waals surface area (Å²) in [6.45, 7) is 8.21. The van der Waals surface area contributed by atoms with E-state index < -0.39 is 0 Å². The zero-order valence-electron chi connectivity index (χ0n) is 15.2. The molecular weight excluding hydrogens is 318 g/mol. The van der Waals surface area contributed by atoms with Gasteiger partial charge in [0.15, 0.2) is 5.11 Å². The summed E-state index contributed by atoms with van der Waals surface area (Å²) in [6.07, 6.45) is 1.71. The van der Waals surface area contributed by atoms with Gasteiger partial charge in [0.05, 0.1) is 39.5 Å². The summed E-state index contributed by atoms with van der Waals surface area (Å²) >= 11 is 5.70. The van der Waals surface area contributed by atoms with Gasteiger partial charge in [-0.15, -0.1) is 0 Å². The predicted molar refractivity (Wildman–Crippen MR) is 104 cm³/mol. The summed E-state index contributed by atoms with van der Waals surface area (Å²) in [5, 5.41) is 4.11. The molecule has 0 saturated heterocycles. The number of thiocarbonyl (C=S) groups is 1. The molecule has 1 aromatic carbocycles. The second kappa shape index (κ2) is 8.31. The highest BCUT2D eigenvalue weighted by Crippen LogP contribution is 2.22. The van der Waals surface area contributed by atoms with Crippen LogP contribution in [0.15, 0.2) is 41.0 Å². The Bertz CT molecular complexity index is 667. The number of anilines is 1. The van der Waals surface area contributed by atoms with Crippen LogP contribution in [0.25, 0.3) is 0 Å². The highest BCUT2D eigenvalue weighted by atomic mass is 32.1. The van der Waals surface area contributed by atoms with Crippen molar-refractivity contribution in [3.63, 3.8) is 0 Å². The molecule has 0 aliphatic carbocycles. The van der Waals surface area contributed by atoms with E-state index in [4.69, 9.17) is 16.6 Å². The number of furan rings is 1. The van der Waals surface area contributed by atoms with Crippen LogP contribution in [-0.2, 0) is 0 Å². The lowest BCUT2D eigenvalue weighted by Crippen LogP contribution is -3.06. The zero-order chi connectivity index (χ0) is 17.7. The van der Waals surface area contributed by atoms with Gasteiger partial charge in [-0.3, -0.25) is 0 Å². The van der Waals surface area contributed by atoms with Gasteiger partial charge in [0.1, 0.15) is 5.76 Å². The first-order chi connectivity index (χ1) is 11.4. The molecule has 2 aromatic rings. The van der Waals surface area contributed by atoms with Crippen molar-refractivity contribution in [2.45, 2.75) is 26.8 Å². The average molecular weight is 347 g/mol. The van der Waals surface area contributed by atoms with E-state index in [9.17, 15) is 0 Å². The van der Waals surface area contributed by atoms with Gasteiger partial charge < -0.3 is 19.5 Å². The van der Waals surface area contributed by atoms with E-state index >= 15 is 0 Å². The number of hydrogen-bond acceptors (Lipinski definition) is 2. The molecule has 1 heterocycles. The van der Waals surface area contributed by atoms with Gasteiger partial charge in [0, 0.05) is 5.69 Å². The average Bonchev–Trinajstić information content (AvgIpc) is 3.05. The number of hydrogen-bond donors (Lipinski definition) is 2. The molecule has 0 radical (unpaired) electrons. The summed E-state index contributed by atoms with van der Waals surface area (Å²) in [5.41, 5.74) is 3.56. The number of nitrogens with zero attached hydrogens (tertiary/aromatic N) is 1. The Hall–Kier alpha value is -1.85. The molecule has 1 atom stereocenters. The van der Waals surface area contributed by atoms with Crippen molar-refractivity contribution in [1.82, 2.24) is 4.90 Å². The predicted octanol–water partition coefficient (Wildman–Crippen LogP) is 2.80. The van der Waals surface area contributed by atoms with Crippen molar-refractivity contribution >= 4 is 23.0 Å².